The molecule has 12 aliphatic rings. The number of imidazole rings is 4. The van der Waals surface area contributed by atoms with Crippen molar-refractivity contribution in [3.8, 4) is 45.0 Å². The van der Waals surface area contributed by atoms with E-state index in [9.17, 15) is 39.6 Å². The van der Waals surface area contributed by atoms with Crippen LogP contribution in [-0.2, 0) is 18.9 Å². The first-order valence-electron chi connectivity index (χ1n) is 44.2. The van der Waals surface area contributed by atoms with Gasteiger partial charge in [0.25, 0.3) is 0 Å². The number of likely N-dealkylation sites (tertiary alicyclic amines) is 4. The van der Waals surface area contributed by atoms with E-state index in [1.54, 1.807) is 19.6 Å². The number of hydrogen-bond acceptors (Lipinski definition) is 16. The van der Waals surface area contributed by atoms with Crippen molar-refractivity contribution in [1.29, 1.82) is 0 Å². The molecule has 4 saturated carbocycles. The van der Waals surface area contributed by atoms with Gasteiger partial charge in [-0.15, -0.1) is 0 Å². The van der Waals surface area contributed by atoms with Gasteiger partial charge in [-0.25, -0.2) is 39.1 Å². The molecule has 4 aliphatic carbocycles. The maximum Gasteiger partial charge on any atom is 0.410 e. The third kappa shape index (κ3) is 15.3. The first-order chi connectivity index (χ1) is 57.2. The number of nitrogens with zero attached hydrogens (tertiary/aromatic N) is 12. The molecule has 12 atom stereocenters. The molecule has 12 heterocycles. The van der Waals surface area contributed by atoms with Crippen molar-refractivity contribution in [1.82, 2.24) is 57.8 Å². The van der Waals surface area contributed by atoms with Crippen LogP contribution in [0.3, 0.4) is 0 Å². The summed E-state index contributed by atoms with van der Waals surface area (Å²) in [6.07, 6.45) is 27.4. The second-order valence-corrected chi connectivity index (χ2v) is 40.8. The lowest BCUT2D eigenvalue weighted by Crippen LogP contribution is -2.48. The van der Waals surface area contributed by atoms with Gasteiger partial charge < -0.3 is 77.2 Å². The highest BCUT2D eigenvalue weighted by Crippen LogP contribution is 2.61. The monoisotopic (exact) mass is 1640 g/mol. The zero-order valence-electron chi connectivity index (χ0n) is 72.2. The number of amides is 4. The molecule has 24 nitrogen and oxygen atoms in total. The van der Waals surface area contributed by atoms with Gasteiger partial charge >= 0.3 is 24.4 Å². The van der Waals surface area contributed by atoms with E-state index >= 15 is 0 Å². The minimum Gasteiger partial charge on any atom is -0.444 e. The molecule has 20 rings (SSSR count). The zero-order chi connectivity index (χ0) is 84.4. The van der Waals surface area contributed by atoms with Crippen molar-refractivity contribution in [2.45, 2.75) is 257 Å². The summed E-state index contributed by atoms with van der Waals surface area (Å²) in [6, 6.07) is 34.5. The van der Waals surface area contributed by atoms with Crippen molar-refractivity contribution >= 4 is 24.4 Å². The van der Waals surface area contributed by atoms with Crippen LogP contribution in [-0.4, -0.2) is 202 Å². The number of benzene rings is 4. The number of hydrogen-bond donors (Lipinski definition) is 4. The standard InChI is InChI=1S/4C24H31N3O3/c4*1-23(2,3)30-22(29)26-12-10-24(11-13-26)9-8-18(21(24)28)20-17-7-5-4-6-16(17)19-14-25-15-27(19)20/h4*4-7,14-15,18,20-21,28H,8-13H2,1-3H3/t2*18-,20+,21+;2*18-,20-,21-/m1010/s1. The predicted octanol–water partition coefficient (Wildman–Crippen LogP) is 17.0. The summed E-state index contributed by atoms with van der Waals surface area (Å²) in [5, 5.41) is 46.2. The number of piperidine rings is 4. The van der Waals surface area contributed by atoms with Crippen LogP contribution in [0, 0.1) is 45.3 Å². The molecule has 4 amide bonds. The van der Waals surface area contributed by atoms with E-state index in [1.165, 1.54) is 44.5 Å². The molecule has 120 heavy (non-hydrogen) atoms. The normalized spacial score (nSPS) is 27.2. The highest BCUT2D eigenvalue weighted by atomic mass is 16.6. The number of ether oxygens (including phenoxy) is 4. The molecule has 8 aromatic rings. The lowest BCUT2D eigenvalue weighted by molar-refractivity contribution is -0.0342. The van der Waals surface area contributed by atoms with E-state index in [4.69, 9.17) is 18.9 Å². The van der Waals surface area contributed by atoms with Crippen LogP contribution >= 0.6 is 0 Å². The van der Waals surface area contributed by atoms with Crippen molar-refractivity contribution in [2.75, 3.05) is 52.4 Å². The average molecular weight is 1640 g/mol. The molecule has 4 N–H and O–H groups in total. The van der Waals surface area contributed by atoms with Crippen molar-refractivity contribution in [2.24, 2.45) is 45.3 Å². The molecule has 0 bridgehead atoms. The Hall–Kier alpha value is -9.36. The van der Waals surface area contributed by atoms with E-state index < -0.39 is 22.4 Å². The molecule has 4 spiro atoms. The van der Waals surface area contributed by atoms with Crippen LogP contribution in [0.15, 0.2) is 147 Å². The molecule has 24 heteroatoms. The maximum absolute atomic E-state index is 12.4. The number of rotatable bonds is 4. The van der Waals surface area contributed by atoms with Gasteiger partial charge in [0, 0.05) is 120 Å². The predicted molar refractivity (Wildman–Crippen MR) is 456 cm³/mol. The first kappa shape index (κ1) is 82.9. The fourth-order valence-electron chi connectivity index (χ4n) is 23.4. The van der Waals surface area contributed by atoms with Crippen LogP contribution in [0.2, 0.25) is 0 Å². The Morgan fingerprint density at radius 3 is 0.667 bits per heavy atom. The molecule has 0 unspecified atom stereocenters. The molecular formula is C96H124N12O12. The van der Waals surface area contributed by atoms with Gasteiger partial charge in [0.05, 0.1) is 121 Å². The molecule has 4 saturated heterocycles. The van der Waals surface area contributed by atoms with Gasteiger partial charge in [-0.05, 0) is 208 Å². The van der Waals surface area contributed by atoms with Gasteiger partial charge in [-0.3, -0.25) is 0 Å². The summed E-state index contributed by atoms with van der Waals surface area (Å²) in [7, 11) is 0. The number of fused-ring (bicyclic) bond motifs is 12. The highest BCUT2D eigenvalue weighted by molar-refractivity contribution is 5.74. The molecule has 0 radical (unpaired) electrons. The van der Waals surface area contributed by atoms with Crippen LogP contribution in [0.5, 0.6) is 0 Å². The summed E-state index contributed by atoms with van der Waals surface area (Å²) in [5.74, 6) is 0.647. The third-order valence-corrected chi connectivity index (χ3v) is 29.4. The van der Waals surface area contributed by atoms with Crippen LogP contribution < -0.4 is 0 Å². The lowest BCUT2D eigenvalue weighted by atomic mass is 9.73. The minimum absolute atomic E-state index is 0.110. The SMILES string of the molecule is CC(C)(C)OC(=O)N1CCC2(CC[C@@H]([C@@H]3c4ccccc4-c4cncn43)[C@@H]2O)CC1.CC(C)(C)OC(=O)N1CCC2(CC[C@@H]([C@H]3c4ccccc4-c4cncn43)[C@H]2O)CC1.CC(C)(C)OC(=O)N1CCC2(CC[C@H]([C@@H]3c4ccccc4-c4cncn43)[C@@H]2O)CC1.CC(C)(C)OC(=O)N1CCC2(CC[C@H]([C@H]3c4ccccc4-c4cncn43)[C@H]2O)CC1. The Morgan fingerprint density at radius 2 is 0.483 bits per heavy atom. The number of carbonyl (C=O) groups excluding carboxylic acids is 4. The Bertz CT molecular complexity index is 4430. The van der Waals surface area contributed by atoms with Crippen LogP contribution in [0.25, 0.3) is 45.0 Å². The number of aromatic nitrogens is 8. The fraction of sp³-hybridized carbons (Fsp3) is 0.583. The molecular weight excluding hydrogens is 1510 g/mol. The summed E-state index contributed by atoms with van der Waals surface area (Å²) in [6.45, 7) is 27.9. The van der Waals surface area contributed by atoms with Crippen molar-refractivity contribution < 1.29 is 58.6 Å². The van der Waals surface area contributed by atoms with Gasteiger partial charge in [0.2, 0.25) is 0 Å². The Morgan fingerprint density at radius 1 is 0.300 bits per heavy atom. The van der Waals surface area contributed by atoms with Crippen LogP contribution in [0.1, 0.15) is 232 Å². The van der Waals surface area contributed by atoms with Gasteiger partial charge in [-0.2, -0.15) is 0 Å². The smallest absolute Gasteiger partial charge is 0.410 e. The largest absolute Gasteiger partial charge is 0.444 e. The molecule has 4 aromatic heterocycles. The fourth-order valence-corrected chi connectivity index (χ4v) is 23.4. The van der Waals surface area contributed by atoms with Gasteiger partial charge in [0.15, 0.2) is 0 Å². The Kier molecular flexibility index (Phi) is 21.8. The summed E-state index contributed by atoms with van der Waals surface area (Å²) < 4.78 is 31.1. The highest BCUT2D eigenvalue weighted by Gasteiger charge is 2.59. The van der Waals surface area contributed by atoms with E-state index in [1.807, 2.05) is 133 Å². The first-order valence-corrected chi connectivity index (χ1v) is 44.2. The quantitative estimate of drug-likeness (QED) is 0.119. The third-order valence-electron chi connectivity index (χ3n) is 29.4. The van der Waals surface area contributed by atoms with E-state index in [2.05, 4.69) is 135 Å². The van der Waals surface area contributed by atoms with E-state index in [0.717, 1.165) is 126 Å². The summed E-state index contributed by atoms with van der Waals surface area (Å²) in [4.78, 5) is 74.5. The zero-order valence-corrected chi connectivity index (χ0v) is 72.2. The topological polar surface area (TPSA) is 270 Å². The van der Waals surface area contributed by atoms with Crippen molar-refractivity contribution in [3.05, 3.63) is 169 Å². The molecule has 640 valence electrons. The van der Waals surface area contributed by atoms with Gasteiger partial charge in [-0.1, -0.05) is 97.1 Å². The Labute approximate surface area is 706 Å². The van der Waals surface area contributed by atoms with E-state index in [-0.39, 0.29) is 118 Å². The maximum atomic E-state index is 12.4. The number of carbonyl (C=O) groups is 4. The molecule has 8 fully saturated rings. The molecule has 4 aromatic carbocycles. The second-order valence-electron chi connectivity index (χ2n) is 40.8. The second kappa shape index (κ2) is 31.5. The lowest BCUT2D eigenvalue weighted by Gasteiger charge is -2.43. The van der Waals surface area contributed by atoms with E-state index in [0.29, 0.717) is 52.4 Å². The summed E-state index contributed by atoms with van der Waals surface area (Å²) in [5.41, 5.74) is 12.3. The number of aliphatic hydroxyl groups is 4. The molecule has 8 aliphatic heterocycles. The average Bonchev–Trinajstić information content (AvgIpc) is 1.59. The number of aliphatic hydroxyl groups excluding tert-OH is 4. The van der Waals surface area contributed by atoms with Crippen molar-refractivity contribution in [3.63, 3.8) is 0 Å². The van der Waals surface area contributed by atoms with Crippen LogP contribution in [0.4, 0.5) is 19.2 Å². The summed E-state index contributed by atoms with van der Waals surface area (Å²) >= 11 is 0. The van der Waals surface area contributed by atoms with Gasteiger partial charge in [0.1, 0.15) is 22.4 Å². The minimum atomic E-state index is -0.484. The Balaban J connectivity index is 0.000000114.